The van der Waals surface area contributed by atoms with Crippen LogP contribution < -0.4 is 15.5 Å². The predicted octanol–water partition coefficient (Wildman–Crippen LogP) is 8.25. The second kappa shape index (κ2) is 16.7. The van der Waals surface area contributed by atoms with Gasteiger partial charge in [0.05, 0.1) is 47.6 Å². The van der Waals surface area contributed by atoms with Crippen LogP contribution in [0.2, 0.25) is 18.1 Å². The number of hydrogen-bond donors (Lipinski definition) is 2. The highest BCUT2D eigenvalue weighted by Gasteiger charge is 2.46. The third kappa shape index (κ3) is 9.95. The van der Waals surface area contributed by atoms with Gasteiger partial charge in [-0.1, -0.05) is 27.7 Å². The molecule has 3 aromatic rings. The number of nitrogens with zero attached hydrogens (tertiary/aromatic N) is 3. The SMILES string of the molecule is COCc1cc(F)c(-c2nc(C(=O)Nc3cnc4c(c3N3C[C@H](C)[C@@H](O[Si](C)(C)C(C)(C)C)[C@H](NC(=O)OC(C)(C)C)C3)CCC4OC(C)=O)ccc2F)c(F)c1. The van der Waals surface area contributed by atoms with Crippen LogP contribution >= 0.6 is 0 Å². The summed E-state index contributed by atoms with van der Waals surface area (Å²) in [6.07, 6.45) is 0.751. The lowest BCUT2D eigenvalue weighted by Crippen LogP contribution is -2.63. The maximum Gasteiger partial charge on any atom is 0.408 e. The van der Waals surface area contributed by atoms with Crippen molar-refractivity contribution >= 4 is 37.7 Å². The third-order valence-electron chi connectivity index (χ3n) is 10.6. The van der Waals surface area contributed by atoms with Gasteiger partial charge in [-0.2, -0.15) is 0 Å². The van der Waals surface area contributed by atoms with Gasteiger partial charge in [-0.3, -0.25) is 14.6 Å². The van der Waals surface area contributed by atoms with E-state index in [0.717, 1.165) is 29.8 Å². The molecule has 1 aromatic carbocycles. The van der Waals surface area contributed by atoms with E-state index in [1.807, 2.05) is 11.8 Å². The van der Waals surface area contributed by atoms with Crippen LogP contribution in [0.5, 0.6) is 0 Å². The number of alkyl carbamates (subject to hydrolysis) is 1. The number of hydrogen-bond acceptors (Lipinski definition) is 10. The molecule has 3 heterocycles. The van der Waals surface area contributed by atoms with Crippen molar-refractivity contribution < 1.29 is 46.2 Å². The topological polar surface area (TPSA) is 141 Å². The van der Waals surface area contributed by atoms with Gasteiger partial charge in [-0.25, -0.2) is 22.9 Å². The fraction of sp³-hybridized carbons (Fsp3) is 0.537. The normalized spacial score (nSPS) is 19.9. The van der Waals surface area contributed by atoms with Crippen LogP contribution in [0, 0.1) is 23.4 Å². The van der Waals surface area contributed by atoms with E-state index in [0.29, 0.717) is 30.8 Å². The molecule has 5 rings (SSSR count). The number of piperidine rings is 1. The second-order valence-electron chi connectivity index (χ2n) is 17.3. The zero-order chi connectivity index (χ0) is 42.2. The van der Waals surface area contributed by atoms with Gasteiger partial charge in [0, 0.05) is 38.6 Å². The first-order valence-electron chi connectivity index (χ1n) is 19.1. The van der Waals surface area contributed by atoms with Gasteiger partial charge in [0.25, 0.3) is 5.91 Å². The lowest BCUT2D eigenvalue weighted by atomic mass is 9.91. The highest BCUT2D eigenvalue weighted by molar-refractivity contribution is 6.74. The van der Waals surface area contributed by atoms with Gasteiger partial charge in [0.2, 0.25) is 0 Å². The Morgan fingerprint density at radius 3 is 2.26 bits per heavy atom. The number of anilines is 2. The lowest BCUT2D eigenvalue weighted by Gasteiger charge is -2.49. The Labute approximate surface area is 333 Å². The number of methoxy groups -OCH3 is 1. The Morgan fingerprint density at radius 2 is 1.67 bits per heavy atom. The summed E-state index contributed by atoms with van der Waals surface area (Å²) in [5.41, 5.74) is -0.139. The second-order valence-corrected chi connectivity index (χ2v) is 22.1. The number of esters is 1. The summed E-state index contributed by atoms with van der Waals surface area (Å²) in [6, 6.07) is 3.53. The van der Waals surface area contributed by atoms with Crippen LogP contribution in [-0.4, -0.2) is 74.2 Å². The fourth-order valence-electron chi connectivity index (χ4n) is 7.04. The van der Waals surface area contributed by atoms with E-state index in [4.69, 9.17) is 18.6 Å². The Kier molecular flexibility index (Phi) is 12.8. The molecular weight excluding hydrogens is 760 g/mol. The van der Waals surface area contributed by atoms with Crippen LogP contribution in [0.25, 0.3) is 11.3 Å². The van der Waals surface area contributed by atoms with Crippen LogP contribution in [0.3, 0.4) is 0 Å². The number of carbonyl (C=O) groups is 3. The Morgan fingerprint density at radius 1 is 1.00 bits per heavy atom. The van der Waals surface area contributed by atoms with E-state index in [9.17, 15) is 14.4 Å². The molecule has 0 spiro atoms. The number of ether oxygens (including phenoxy) is 3. The number of pyridine rings is 2. The molecule has 1 aliphatic carbocycles. The zero-order valence-electron chi connectivity index (χ0n) is 34.6. The molecule has 2 N–H and O–H groups in total. The van der Waals surface area contributed by atoms with Crippen molar-refractivity contribution in [2.45, 2.75) is 117 Å². The standard InChI is InChI=1S/C41H54F3N5O7Si/c1-22-19-49(20-31(48-39(52)55-40(3,4)5)37(22)56-57(10,11)41(6,7)8)36-25-12-15-32(54-23(2)50)34(25)45-18-30(36)47-38(51)29-14-13-26(42)35(46-29)33-27(43)16-24(21-53-9)17-28(33)44/h13-14,16-18,22,31-32,37H,12,15,19-21H2,1-11H3,(H,47,51)(H,48,52)/t22-,31+,32?,37+/m0/s1. The Bertz CT molecular complexity index is 2000. The number of halogens is 3. The molecular formula is C41H54F3N5O7Si. The van der Waals surface area contributed by atoms with Crippen molar-refractivity contribution in [3.05, 3.63) is 70.4 Å². The maximum absolute atomic E-state index is 15.2. The summed E-state index contributed by atoms with van der Waals surface area (Å²) >= 11 is 0. The molecule has 2 aliphatic rings. The molecule has 16 heteroatoms. The van der Waals surface area contributed by atoms with Gasteiger partial charge in [-0.15, -0.1) is 0 Å². The predicted molar refractivity (Wildman–Crippen MR) is 212 cm³/mol. The molecule has 57 heavy (non-hydrogen) atoms. The van der Waals surface area contributed by atoms with Crippen LogP contribution in [0.4, 0.5) is 29.3 Å². The van der Waals surface area contributed by atoms with Crippen molar-refractivity contribution in [2.24, 2.45) is 5.92 Å². The summed E-state index contributed by atoms with van der Waals surface area (Å²) in [5.74, 6) is -4.57. The van der Waals surface area contributed by atoms with Gasteiger partial charge >= 0.3 is 12.1 Å². The average Bonchev–Trinajstić information content (AvgIpc) is 3.47. The monoisotopic (exact) mass is 813 g/mol. The summed E-state index contributed by atoms with van der Waals surface area (Å²) in [4.78, 5) is 50.1. The van der Waals surface area contributed by atoms with Gasteiger partial charge in [-0.05, 0) is 81.6 Å². The first-order chi connectivity index (χ1) is 26.5. The number of benzene rings is 1. The Balaban J connectivity index is 1.56. The molecule has 1 unspecified atom stereocenters. The number of amides is 2. The largest absolute Gasteiger partial charge is 0.456 e. The number of nitrogens with one attached hydrogen (secondary N) is 2. The van der Waals surface area contributed by atoms with E-state index < -0.39 is 72.7 Å². The van der Waals surface area contributed by atoms with Gasteiger partial charge < -0.3 is 34.2 Å². The molecule has 2 amide bonds. The first kappa shape index (κ1) is 43.6. The minimum absolute atomic E-state index is 0.0663. The van der Waals surface area contributed by atoms with E-state index in [-0.39, 0.29) is 47.2 Å². The molecule has 0 radical (unpaired) electrons. The van der Waals surface area contributed by atoms with Gasteiger partial charge in [0.1, 0.15) is 40.5 Å². The highest BCUT2D eigenvalue weighted by Crippen LogP contribution is 2.45. The number of carbonyl (C=O) groups excluding carboxylic acids is 3. The van der Waals surface area contributed by atoms with Crippen LogP contribution in [0.1, 0.15) is 95.2 Å². The molecule has 4 atom stereocenters. The molecule has 0 bridgehead atoms. The fourth-order valence-corrected chi connectivity index (χ4v) is 8.47. The maximum atomic E-state index is 15.2. The van der Waals surface area contributed by atoms with Crippen molar-refractivity contribution in [1.82, 2.24) is 15.3 Å². The molecule has 0 saturated carbocycles. The minimum atomic E-state index is -2.35. The third-order valence-corrected chi connectivity index (χ3v) is 15.0. The smallest absolute Gasteiger partial charge is 0.408 e. The molecule has 1 saturated heterocycles. The van der Waals surface area contributed by atoms with Crippen LogP contribution in [0.15, 0.2) is 30.5 Å². The molecule has 310 valence electrons. The van der Waals surface area contributed by atoms with Gasteiger partial charge in [0.15, 0.2) is 8.32 Å². The highest BCUT2D eigenvalue weighted by atomic mass is 28.4. The Hall–Kier alpha value is -4.54. The molecule has 1 aliphatic heterocycles. The van der Waals surface area contributed by atoms with Crippen molar-refractivity contribution in [2.75, 3.05) is 30.4 Å². The summed E-state index contributed by atoms with van der Waals surface area (Å²) in [5, 5.41) is 5.81. The van der Waals surface area contributed by atoms with Crippen LogP contribution in [-0.2, 0) is 36.5 Å². The van der Waals surface area contributed by atoms with Crippen molar-refractivity contribution in [3.8, 4) is 11.3 Å². The first-order valence-corrected chi connectivity index (χ1v) is 22.0. The number of aromatic nitrogens is 2. The number of rotatable bonds is 10. The van der Waals surface area contributed by atoms with E-state index in [1.165, 1.54) is 20.2 Å². The van der Waals surface area contributed by atoms with Crippen molar-refractivity contribution in [1.29, 1.82) is 0 Å². The number of fused-ring (bicyclic) bond motifs is 1. The molecule has 2 aromatic heterocycles. The van der Waals surface area contributed by atoms with E-state index >= 15 is 13.2 Å². The average molecular weight is 814 g/mol. The van der Waals surface area contributed by atoms with Crippen molar-refractivity contribution in [3.63, 3.8) is 0 Å². The van der Waals surface area contributed by atoms with E-state index in [1.54, 1.807) is 20.8 Å². The summed E-state index contributed by atoms with van der Waals surface area (Å²) < 4.78 is 68.8. The lowest BCUT2D eigenvalue weighted by molar-refractivity contribution is -0.146. The summed E-state index contributed by atoms with van der Waals surface area (Å²) in [6.45, 7) is 20.1. The molecule has 12 nitrogen and oxygen atoms in total. The quantitative estimate of drug-likeness (QED) is 0.152. The minimum Gasteiger partial charge on any atom is -0.456 e. The van der Waals surface area contributed by atoms with E-state index in [2.05, 4.69) is 54.5 Å². The molecule has 1 fully saturated rings. The zero-order valence-corrected chi connectivity index (χ0v) is 35.6. The summed E-state index contributed by atoms with van der Waals surface area (Å²) in [7, 11) is -0.972.